The first-order valence-corrected chi connectivity index (χ1v) is 9.70. The summed E-state index contributed by atoms with van der Waals surface area (Å²) in [4.78, 5) is 27.9. The van der Waals surface area contributed by atoms with Gasteiger partial charge in [-0.25, -0.2) is 0 Å². The minimum absolute atomic E-state index is 0.183. The molecule has 0 saturated carbocycles. The zero-order chi connectivity index (χ0) is 21.1. The Morgan fingerprint density at radius 3 is 2.53 bits per heavy atom. The maximum absolute atomic E-state index is 13.2. The van der Waals surface area contributed by atoms with E-state index in [0.29, 0.717) is 33.8 Å². The van der Waals surface area contributed by atoms with Crippen molar-refractivity contribution in [2.45, 2.75) is 13.5 Å². The van der Waals surface area contributed by atoms with Gasteiger partial charge in [0, 0.05) is 22.9 Å². The Balaban J connectivity index is 1.65. The Hall–Kier alpha value is -3.57. The summed E-state index contributed by atoms with van der Waals surface area (Å²) in [5.41, 5.74) is 2.23. The molecule has 0 aliphatic rings. The van der Waals surface area contributed by atoms with E-state index < -0.39 is 5.97 Å². The molecule has 30 heavy (non-hydrogen) atoms. The molecule has 0 saturated heterocycles. The first kappa shape index (κ1) is 19.7. The van der Waals surface area contributed by atoms with E-state index in [4.69, 9.17) is 21.1 Å². The molecule has 1 heterocycles. The van der Waals surface area contributed by atoms with Crippen LogP contribution in [0.15, 0.2) is 72.8 Å². The van der Waals surface area contributed by atoms with Crippen LogP contribution < -0.4 is 9.47 Å². The second-order valence-electron chi connectivity index (χ2n) is 6.74. The number of hydrogen-bond donors (Lipinski definition) is 1. The van der Waals surface area contributed by atoms with Gasteiger partial charge in [-0.15, -0.1) is 0 Å². The molecule has 1 N–H and O–H groups in total. The van der Waals surface area contributed by atoms with E-state index in [1.807, 2.05) is 30.3 Å². The highest BCUT2D eigenvalue weighted by Crippen LogP contribution is 2.34. The Morgan fingerprint density at radius 2 is 1.77 bits per heavy atom. The molecule has 0 amide bonds. The summed E-state index contributed by atoms with van der Waals surface area (Å²) in [6, 6.07) is 21.7. The summed E-state index contributed by atoms with van der Waals surface area (Å²) in [5, 5.41) is 1.11. The van der Waals surface area contributed by atoms with Crippen LogP contribution in [0.2, 0.25) is 5.02 Å². The number of H-pyrrole nitrogens is 1. The monoisotopic (exact) mass is 419 g/mol. The van der Waals surface area contributed by atoms with Crippen molar-refractivity contribution in [3.05, 3.63) is 94.6 Å². The van der Waals surface area contributed by atoms with Crippen molar-refractivity contribution in [1.29, 1.82) is 0 Å². The lowest BCUT2D eigenvalue weighted by molar-refractivity contribution is -0.131. The number of aromatic nitrogens is 1. The number of fused-ring (bicyclic) bond motifs is 1. The van der Waals surface area contributed by atoms with E-state index >= 15 is 0 Å². The standard InChI is InChI=1S/C24H18ClNO4/c1-15(27)30-24-20-11-10-18(25)13-21(20)26-22(24)23(28)17-8-5-9-19(12-17)29-14-16-6-3-2-4-7-16/h2-13,26H,14H2,1H3. The number of carbonyl (C=O) groups is 2. The van der Waals surface area contributed by atoms with Gasteiger partial charge in [0.15, 0.2) is 5.75 Å². The van der Waals surface area contributed by atoms with Crippen molar-refractivity contribution >= 4 is 34.3 Å². The fraction of sp³-hybridized carbons (Fsp3) is 0.0833. The Kier molecular flexibility index (Phi) is 5.55. The summed E-state index contributed by atoms with van der Waals surface area (Å²) in [6.07, 6.45) is 0. The molecule has 4 rings (SSSR count). The number of nitrogens with one attached hydrogen (secondary N) is 1. The SMILES string of the molecule is CC(=O)Oc1c(C(=O)c2cccc(OCc3ccccc3)c2)[nH]c2cc(Cl)ccc12. The Labute approximate surface area is 178 Å². The second kappa shape index (κ2) is 8.43. The van der Waals surface area contributed by atoms with Crippen LogP contribution in [0.4, 0.5) is 0 Å². The number of carbonyl (C=O) groups excluding carboxylic acids is 2. The zero-order valence-corrected chi connectivity index (χ0v) is 16.9. The van der Waals surface area contributed by atoms with Gasteiger partial charge in [-0.1, -0.05) is 54.1 Å². The number of esters is 1. The third-order valence-electron chi connectivity index (χ3n) is 4.53. The largest absolute Gasteiger partial charge is 0.489 e. The van der Waals surface area contributed by atoms with Crippen LogP contribution in [0, 0.1) is 0 Å². The van der Waals surface area contributed by atoms with Crippen molar-refractivity contribution < 1.29 is 19.1 Å². The molecule has 0 unspecified atom stereocenters. The molecule has 1 aromatic heterocycles. The van der Waals surface area contributed by atoms with Crippen LogP contribution in [-0.4, -0.2) is 16.7 Å². The van der Waals surface area contributed by atoms with Gasteiger partial charge in [0.2, 0.25) is 5.78 Å². The molecule has 3 aromatic carbocycles. The molecule has 150 valence electrons. The van der Waals surface area contributed by atoms with Crippen molar-refractivity contribution in [2.75, 3.05) is 0 Å². The van der Waals surface area contributed by atoms with Gasteiger partial charge in [-0.05, 0) is 35.9 Å². The van der Waals surface area contributed by atoms with Gasteiger partial charge >= 0.3 is 5.97 Å². The van der Waals surface area contributed by atoms with Gasteiger partial charge in [-0.2, -0.15) is 0 Å². The Bertz CT molecular complexity index is 1230. The molecule has 4 aromatic rings. The van der Waals surface area contributed by atoms with Crippen LogP contribution in [0.1, 0.15) is 28.5 Å². The topological polar surface area (TPSA) is 68.4 Å². The van der Waals surface area contributed by atoms with E-state index in [0.717, 1.165) is 5.56 Å². The average Bonchev–Trinajstić information content (AvgIpc) is 3.09. The van der Waals surface area contributed by atoms with E-state index in [1.165, 1.54) is 6.92 Å². The number of ether oxygens (including phenoxy) is 2. The molecule has 6 heteroatoms. The number of hydrogen-bond acceptors (Lipinski definition) is 4. The number of ketones is 1. The normalized spacial score (nSPS) is 10.7. The molecule has 0 atom stereocenters. The van der Waals surface area contributed by atoms with Crippen molar-refractivity contribution in [1.82, 2.24) is 4.98 Å². The van der Waals surface area contributed by atoms with Crippen molar-refractivity contribution in [2.24, 2.45) is 0 Å². The summed E-state index contributed by atoms with van der Waals surface area (Å²) < 4.78 is 11.2. The van der Waals surface area contributed by atoms with Gasteiger partial charge in [0.1, 0.15) is 18.1 Å². The fourth-order valence-corrected chi connectivity index (χ4v) is 3.34. The molecule has 0 bridgehead atoms. The maximum atomic E-state index is 13.2. The zero-order valence-electron chi connectivity index (χ0n) is 16.1. The number of aromatic amines is 1. The first-order chi connectivity index (χ1) is 14.5. The van der Waals surface area contributed by atoms with Gasteiger partial charge in [0.05, 0.1) is 5.52 Å². The van der Waals surface area contributed by atoms with E-state index in [-0.39, 0.29) is 17.2 Å². The summed E-state index contributed by atoms with van der Waals surface area (Å²) in [7, 11) is 0. The van der Waals surface area contributed by atoms with Crippen molar-refractivity contribution in [3.8, 4) is 11.5 Å². The lowest BCUT2D eigenvalue weighted by atomic mass is 10.1. The minimum atomic E-state index is -0.514. The van der Waals surface area contributed by atoms with Gasteiger partial charge in [0.25, 0.3) is 0 Å². The highest BCUT2D eigenvalue weighted by molar-refractivity contribution is 6.31. The highest BCUT2D eigenvalue weighted by atomic mass is 35.5. The smallest absolute Gasteiger partial charge is 0.308 e. The molecular formula is C24H18ClNO4. The molecule has 0 fully saturated rings. The van der Waals surface area contributed by atoms with Crippen molar-refractivity contribution in [3.63, 3.8) is 0 Å². The van der Waals surface area contributed by atoms with Gasteiger partial charge < -0.3 is 14.5 Å². The van der Waals surface area contributed by atoms with Crippen LogP contribution >= 0.6 is 11.6 Å². The molecular weight excluding hydrogens is 402 g/mol. The number of rotatable bonds is 6. The lowest BCUT2D eigenvalue weighted by Gasteiger charge is -2.08. The number of halogens is 1. The van der Waals surface area contributed by atoms with Crippen LogP contribution in [-0.2, 0) is 11.4 Å². The third-order valence-corrected chi connectivity index (χ3v) is 4.77. The lowest BCUT2D eigenvalue weighted by Crippen LogP contribution is -2.08. The predicted molar refractivity (Wildman–Crippen MR) is 115 cm³/mol. The van der Waals surface area contributed by atoms with Crippen LogP contribution in [0.25, 0.3) is 10.9 Å². The van der Waals surface area contributed by atoms with Gasteiger partial charge in [-0.3, -0.25) is 9.59 Å². The molecule has 0 spiro atoms. The van der Waals surface area contributed by atoms with E-state index in [9.17, 15) is 9.59 Å². The maximum Gasteiger partial charge on any atom is 0.308 e. The Morgan fingerprint density at radius 1 is 0.967 bits per heavy atom. The quantitative estimate of drug-likeness (QED) is 0.328. The van der Waals surface area contributed by atoms with E-state index in [1.54, 1.807) is 42.5 Å². The van der Waals surface area contributed by atoms with E-state index in [2.05, 4.69) is 4.98 Å². The predicted octanol–water partition coefficient (Wildman–Crippen LogP) is 5.56. The van der Waals surface area contributed by atoms with Crippen LogP contribution in [0.5, 0.6) is 11.5 Å². The number of benzene rings is 3. The summed E-state index contributed by atoms with van der Waals surface area (Å²) in [6.45, 7) is 1.68. The second-order valence-corrected chi connectivity index (χ2v) is 7.18. The minimum Gasteiger partial charge on any atom is -0.489 e. The summed E-state index contributed by atoms with van der Waals surface area (Å²) >= 11 is 6.06. The van der Waals surface area contributed by atoms with Crippen LogP contribution in [0.3, 0.4) is 0 Å². The average molecular weight is 420 g/mol. The fourth-order valence-electron chi connectivity index (χ4n) is 3.17. The molecule has 5 nitrogen and oxygen atoms in total. The summed E-state index contributed by atoms with van der Waals surface area (Å²) in [5.74, 6) is -0.0729. The first-order valence-electron chi connectivity index (χ1n) is 9.32. The molecule has 0 aliphatic heterocycles. The highest BCUT2D eigenvalue weighted by Gasteiger charge is 2.22. The molecule has 0 aliphatic carbocycles. The third kappa shape index (κ3) is 4.21. The molecule has 0 radical (unpaired) electrons.